The Balaban J connectivity index is 1.77. The Kier molecular flexibility index (Phi) is 11.2. The maximum atomic E-state index is 12.6. The molecular formula is C31H44N3OS2+. The molecule has 2 aromatic rings. The van der Waals surface area contributed by atoms with Crippen LogP contribution in [0.25, 0.3) is 6.08 Å². The molecule has 1 aliphatic rings. The van der Waals surface area contributed by atoms with Crippen molar-refractivity contribution in [3.63, 3.8) is 0 Å². The van der Waals surface area contributed by atoms with E-state index in [1.54, 1.807) is 0 Å². The van der Waals surface area contributed by atoms with E-state index in [9.17, 15) is 4.79 Å². The summed E-state index contributed by atoms with van der Waals surface area (Å²) in [6.07, 6.45) is 6.97. The zero-order valence-electron chi connectivity index (χ0n) is 22.9. The fourth-order valence-electron chi connectivity index (χ4n) is 5.25. The maximum absolute atomic E-state index is 12.6. The molecule has 0 unspecified atom stereocenters. The van der Waals surface area contributed by atoms with E-state index in [0.717, 1.165) is 38.9 Å². The summed E-state index contributed by atoms with van der Waals surface area (Å²) in [6, 6.07) is 17.5. The monoisotopic (exact) mass is 538 g/mol. The number of benzene rings is 2. The quantitative estimate of drug-likeness (QED) is 0.148. The van der Waals surface area contributed by atoms with E-state index >= 15 is 0 Å². The molecule has 200 valence electrons. The predicted molar refractivity (Wildman–Crippen MR) is 166 cm³/mol. The number of allylic oxidation sites excluding steroid dienone is 1. The van der Waals surface area contributed by atoms with E-state index in [1.165, 1.54) is 28.2 Å². The number of carbonyl (C=O) groups is 1. The van der Waals surface area contributed by atoms with Gasteiger partial charge >= 0.3 is 0 Å². The van der Waals surface area contributed by atoms with Crippen molar-refractivity contribution >= 4 is 54.3 Å². The van der Waals surface area contributed by atoms with Crippen LogP contribution in [-0.4, -0.2) is 53.9 Å². The Morgan fingerprint density at radius 3 is 2.27 bits per heavy atom. The second kappa shape index (κ2) is 14.1. The average molecular weight is 539 g/mol. The molecule has 3 rings (SSSR count). The lowest BCUT2D eigenvalue weighted by molar-refractivity contribution is -0.437. The van der Waals surface area contributed by atoms with Gasteiger partial charge in [-0.3, -0.25) is 4.79 Å². The fourth-order valence-corrected chi connectivity index (χ4v) is 5.88. The zero-order chi connectivity index (χ0) is 26.8. The van der Waals surface area contributed by atoms with Crippen molar-refractivity contribution in [1.82, 2.24) is 5.32 Å². The van der Waals surface area contributed by atoms with E-state index in [0.29, 0.717) is 18.1 Å². The minimum absolute atomic E-state index is 0.000349. The van der Waals surface area contributed by atoms with Gasteiger partial charge in [-0.2, -0.15) is 29.8 Å². The van der Waals surface area contributed by atoms with Crippen LogP contribution in [0.4, 0.5) is 11.4 Å². The van der Waals surface area contributed by atoms with E-state index in [1.807, 2.05) is 0 Å². The summed E-state index contributed by atoms with van der Waals surface area (Å²) in [5.74, 6) is 1.56. The van der Waals surface area contributed by atoms with Gasteiger partial charge in [0.05, 0.1) is 5.41 Å². The van der Waals surface area contributed by atoms with Crippen LogP contribution in [0, 0.1) is 5.92 Å². The van der Waals surface area contributed by atoms with E-state index < -0.39 is 0 Å². The first-order valence-electron chi connectivity index (χ1n) is 13.6. The molecule has 0 saturated carbocycles. The van der Waals surface area contributed by atoms with Gasteiger partial charge in [-0.1, -0.05) is 30.3 Å². The highest BCUT2D eigenvalue weighted by atomic mass is 32.1. The van der Waals surface area contributed by atoms with Crippen molar-refractivity contribution in [2.45, 2.75) is 52.4 Å². The summed E-state index contributed by atoms with van der Waals surface area (Å²) in [7, 11) is 0. The Labute approximate surface area is 235 Å². The van der Waals surface area contributed by atoms with Crippen LogP contribution in [0.2, 0.25) is 0 Å². The summed E-state index contributed by atoms with van der Waals surface area (Å²) in [5.41, 5.74) is 6.26. The Bertz CT molecular complexity index is 1080. The van der Waals surface area contributed by atoms with Gasteiger partial charge < -0.3 is 10.2 Å². The number of nitrogens with one attached hydrogen (secondary N) is 1. The molecule has 0 bridgehead atoms. The molecule has 0 atom stereocenters. The molecule has 37 heavy (non-hydrogen) atoms. The van der Waals surface area contributed by atoms with Crippen molar-refractivity contribution in [2.24, 2.45) is 5.92 Å². The molecule has 0 spiro atoms. The molecule has 1 N–H and O–H groups in total. The summed E-state index contributed by atoms with van der Waals surface area (Å²) in [4.78, 5) is 15.0. The van der Waals surface area contributed by atoms with Gasteiger partial charge in [0.1, 0.15) is 0 Å². The molecule has 4 nitrogen and oxygen atoms in total. The number of para-hydroxylation sites is 1. The summed E-state index contributed by atoms with van der Waals surface area (Å²) < 4.78 is 2.43. The number of rotatable bonds is 14. The molecule has 1 amide bonds. The summed E-state index contributed by atoms with van der Waals surface area (Å²) in [5, 5.41) is 3.15. The molecule has 0 radical (unpaired) electrons. The molecule has 1 aliphatic heterocycles. The topological polar surface area (TPSA) is 35.4 Å². The highest BCUT2D eigenvalue weighted by molar-refractivity contribution is 7.80. The lowest BCUT2D eigenvalue weighted by Crippen LogP contribution is -2.33. The van der Waals surface area contributed by atoms with Gasteiger partial charge in [0.2, 0.25) is 11.6 Å². The highest BCUT2D eigenvalue weighted by Crippen LogP contribution is 2.40. The third kappa shape index (κ3) is 7.23. The van der Waals surface area contributed by atoms with Crippen LogP contribution in [0.3, 0.4) is 0 Å². The number of hydrogen-bond donors (Lipinski definition) is 3. The number of anilines is 1. The highest BCUT2D eigenvalue weighted by Gasteiger charge is 2.43. The van der Waals surface area contributed by atoms with Crippen LogP contribution in [-0.2, 0) is 10.2 Å². The van der Waals surface area contributed by atoms with Gasteiger partial charge in [-0.15, -0.1) is 0 Å². The summed E-state index contributed by atoms with van der Waals surface area (Å²) in [6.45, 7) is 12.5. The number of hydrogen-bond acceptors (Lipinski definition) is 4. The summed E-state index contributed by atoms with van der Waals surface area (Å²) >= 11 is 8.63. The first-order chi connectivity index (χ1) is 17.9. The van der Waals surface area contributed by atoms with Crippen molar-refractivity contribution in [2.75, 3.05) is 42.6 Å². The second-order valence-corrected chi connectivity index (χ2v) is 11.0. The number of amides is 1. The zero-order valence-corrected chi connectivity index (χ0v) is 24.7. The average Bonchev–Trinajstić information content (AvgIpc) is 3.12. The van der Waals surface area contributed by atoms with Gasteiger partial charge in [0.25, 0.3) is 0 Å². The van der Waals surface area contributed by atoms with Gasteiger partial charge in [0, 0.05) is 55.4 Å². The van der Waals surface area contributed by atoms with Gasteiger partial charge in [0.15, 0.2) is 12.3 Å². The minimum atomic E-state index is -0.0955. The van der Waals surface area contributed by atoms with E-state index in [-0.39, 0.29) is 17.2 Å². The van der Waals surface area contributed by atoms with Crippen LogP contribution < -0.4 is 10.2 Å². The number of carbonyl (C=O) groups excluding carboxylic acids is 1. The van der Waals surface area contributed by atoms with Crippen LogP contribution in [0.5, 0.6) is 0 Å². The van der Waals surface area contributed by atoms with Crippen LogP contribution >= 0.6 is 25.3 Å². The number of fused-ring (bicyclic) bond motifs is 1. The van der Waals surface area contributed by atoms with Gasteiger partial charge in [-0.25, -0.2) is 0 Å². The SMILES string of the molecule is CCN(CC)c1ccc(/C=C/C2=[N+](CCCNC(=O)C(CCS)CCS)c3ccccc3C2(C)C)cc1. The smallest absolute Gasteiger partial charge is 0.223 e. The van der Waals surface area contributed by atoms with Crippen molar-refractivity contribution in [3.8, 4) is 0 Å². The molecule has 0 fully saturated rings. The molecule has 6 heteroatoms. The molecule has 2 aromatic carbocycles. The number of thiol groups is 2. The first-order valence-corrected chi connectivity index (χ1v) is 14.9. The van der Waals surface area contributed by atoms with Gasteiger partial charge in [-0.05, 0) is 75.8 Å². The van der Waals surface area contributed by atoms with Crippen molar-refractivity contribution in [3.05, 3.63) is 65.7 Å². The first kappa shape index (κ1) is 29.4. The maximum Gasteiger partial charge on any atom is 0.223 e. The molecule has 1 heterocycles. The third-order valence-electron chi connectivity index (χ3n) is 7.44. The normalized spacial score (nSPS) is 14.5. The minimum Gasteiger partial charge on any atom is -0.372 e. The number of nitrogens with zero attached hydrogens (tertiary/aromatic N) is 2. The Morgan fingerprint density at radius 1 is 1.00 bits per heavy atom. The third-order valence-corrected chi connectivity index (χ3v) is 7.95. The lowest BCUT2D eigenvalue weighted by Gasteiger charge is -2.20. The van der Waals surface area contributed by atoms with Crippen LogP contribution in [0.1, 0.15) is 58.1 Å². The molecule has 0 aliphatic carbocycles. The second-order valence-electron chi connectivity index (χ2n) is 10.1. The molecule has 0 saturated heterocycles. The fraction of sp³-hybridized carbons (Fsp3) is 0.484. The Morgan fingerprint density at radius 2 is 1.65 bits per heavy atom. The lowest BCUT2D eigenvalue weighted by atomic mass is 9.81. The predicted octanol–water partition coefficient (Wildman–Crippen LogP) is 6.38. The van der Waals surface area contributed by atoms with Crippen molar-refractivity contribution in [1.29, 1.82) is 0 Å². The molecule has 0 aromatic heterocycles. The largest absolute Gasteiger partial charge is 0.372 e. The Hall–Kier alpha value is -2.18. The van der Waals surface area contributed by atoms with E-state index in [2.05, 4.69) is 128 Å². The van der Waals surface area contributed by atoms with Crippen LogP contribution in [0.15, 0.2) is 54.6 Å². The molecular weight excluding hydrogens is 494 g/mol. The standard InChI is InChI=1S/C31H43N3OS2/c1-5-33(6-2)26-15-12-24(13-16-26)14-17-29-31(3,4)27-10-7-8-11-28(27)34(29)21-9-20-32-30(35)25(18-22-36)19-23-37/h7-8,10-17,25H,5-6,9,18-23H2,1-4H3,(H2-,32,35,36,37)/p+1. The van der Waals surface area contributed by atoms with Crippen molar-refractivity contribution < 1.29 is 9.37 Å². The van der Waals surface area contributed by atoms with E-state index in [4.69, 9.17) is 0 Å².